The van der Waals surface area contributed by atoms with Gasteiger partial charge >= 0.3 is 0 Å². The van der Waals surface area contributed by atoms with Gasteiger partial charge in [-0.3, -0.25) is 4.79 Å². The summed E-state index contributed by atoms with van der Waals surface area (Å²) < 4.78 is 13.4. The third-order valence-electron chi connectivity index (χ3n) is 3.26. The molecule has 0 aromatic heterocycles. The van der Waals surface area contributed by atoms with Crippen LogP contribution in [0.5, 0.6) is 0 Å². The molecule has 0 aliphatic carbocycles. The minimum Gasteiger partial charge on any atom is -0.382 e. The van der Waals surface area contributed by atoms with Crippen molar-refractivity contribution in [3.05, 3.63) is 63.9 Å². The molecule has 0 heterocycles. The molecule has 0 aliphatic rings. The Hall–Kier alpha value is -2.58. The maximum Gasteiger partial charge on any atom is 0.251 e. The third-order valence-corrected chi connectivity index (χ3v) is 3.50. The Labute approximate surface area is 138 Å². The second kappa shape index (κ2) is 7.61. The first-order chi connectivity index (χ1) is 11.0. The highest BCUT2D eigenvalue weighted by Crippen LogP contribution is 2.19. The molecule has 23 heavy (non-hydrogen) atoms. The van der Waals surface area contributed by atoms with Gasteiger partial charge in [0, 0.05) is 23.7 Å². The highest BCUT2D eigenvalue weighted by molar-refractivity contribution is 6.30. The topological polar surface area (TPSA) is 64.9 Å². The van der Waals surface area contributed by atoms with Gasteiger partial charge in [0.2, 0.25) is 0 Å². The number of amides is 1. The molecule has 0 saturated heterocycles. The van der Waals surface area contributed by atoms with Crippen molar-refractivity contribution < 1.29 is 9.18 Å². The minimum absolute atomic E-state index is 0.275. The number of hydrogen-bond acceptors (Lipinski definition) is 3. The van der Waals surface area contributed by atoms with Gasteiger partial charge in [0.1, 0.15) is 11.9 Å². The van der Waals surface area contributed by atoms with E-state index in [1.54, 1.807) is 37.3 Å². The Morgan fingerprint density at radius 2 is 2.04 bits per heavy atom. The first-order valence-corrected chi connectivity index (χ1v) is 7.37. The molecule has 2 aromatic rings. The first kappa shape index (κ1) is 16.8. The lowest BCUT2D eigenvalue weighted by atomic mass is 10.1. The lowest BCUT2D eigenvalue weighted by Gasteiger charge is -2.10. The number of halogens is 2. The fraction of sp³-hybridized carbons (Fsp3) is 0.176. The van der Waals surface area contributed by atoms with Crippen LogP contribution in [-0.2, 0) is 0 Å². The number of aryl methyl sites for hydroxylation is 1. The van der Waals surface area contributed by atoms with E-state index in [4.69, 9.17) is 16.9 Å². The van der Waals surface area contributed by atoms with Crippen molar-refractivity contribution in [3.8, 4) is 6.07 Å². The summed E-state index contributed by atoms with van der Waals surface area (Å²) in [6, 6.07) is 11.4. The quantitative estimate of drug-likeness (QED) is 0.824. The highest BCUT2D eigenvalue weighted by Gasteiger charge is 2.08. The summed E-state index contributed by atoms with van der Waals surface area (Å²) in [7, 11) is 0. The van der Waals surface area contributed by atoms with Crippen LogP contribution < -0.4 is 10.6 Å². The van der Waals surface area contributed by atoms with Gasteiger partial charge in [-0.05, 0) is 42.8 Å². The lowest BCUT2D eigenvalue weighted by Crippen LogP contribution is -2.29. The van der Waals surface area contributed by atoms with Crippen LogP contribution >= 0.6 is 11.6 Å². The Morgan fingerprint density at radius 1 is 1.26 bits per heavy atom. The fourth-order valence-corrected chi connectivity index (χ4v) is 2.14. The zero-order valence-electron chi connectivity index (χ0n) is 12.5. The van der Waals surface area contributed by atoms with Crippen molar-refractivity contribution in [1.29, 1.82) is 5.26 Å². The maximum absolute atomic E-state index is 13.4. The molecule has 0 fully saturated rings. The summed E-state index contributed by atoms with van der Waals surface area (Å²) in [5, 5.41) is 15.3. The Morgan fingerprint density at radius 3 is 2.74 bits per heavy atom. The van der Waals surface area contributed by atoms with Gasteiger partial charge in [-0.25, -0.2) is 4.39 Å². The van der Waals surface area contributed by atoms with Gasteiger partial charge in [-0.1, -0.05) is 17.7 Å². The number of benzene rings is 2. The molecular weight excluding hydrogens is 317 g/mol. The van der Waals surface area contributed by atoms with E-state index in [9.17, 15) is 9.18 Å². The Bertz CT molecular complexity index is 771. The normalized spacial score (nSPS) is 10.0. The molecule has 4 nitrogen and oxygen atoms in total. The summed E-state index contributed by atoms with van der Waals surface area (Å²) in [5.41, 5.74) is 1.85. The van der Waals surface area contributed by atoms with Crippen LogP contribution in [-0.4, -0.2) is 19.0 Å². The average molecular weight is 332 g/mol. The van der Waals surface area contributed by atoms with Crippen molar-refractivity contribution in [3.63, 3.8) is 0 Å². The summed E-state index contributed by atoms with van der Waals surface area (Å²) in [5.74, 6) is -0.752. The molecule has 0 bridgehead atoms. The maximum atomic E-state index is 13.4. The standard InChI is InChI=1S/C17H15ClFN3O/c1-11-2-3-12(9-15(11)19)17(23)22-7-6-21-16-5-4-14(18)8-13(16)10-20/h2-5,8-9,21H,6-7H2,1H3,(H,22,23). The fourth-order valence-electron chi connectivity index (χ4n) is 1.97. The number of nitrogens with one attached hydrogen (secondary N) is 2. The minimum atomic E-state index is -0.407. The molecule has 2 aromatic carbocycles. The first-order valence-electron chi connectivity index (χ1n) is 6.99. The van der Waals surface area contributed by atoms with Crippen LogP contribution in [0.4, 0.5) is 10.1 Å². The van der Waals surface area contributed by atoms with Crippen molar-refractivity contribution in [2.24, 2.45) is 0 Å². The molecule has 0 saturated carbocycles. The molecule has 6 heteroatoms. The molecule has 1 amide bonds. The molecule has 2 N–H and O–H groups in total. The number of carbonyl (C=O) groups excluding carboxylic acids is 1. The molecule has 2 rings (SSSR count). The number of carbonyl (C=O) groups is 1. The number of nitrogens with zero attached hydrogens (tertiary/aromatic N) is 1. The molecule has 0 spiro atoms. The van der Waals surface area contributed by atoms with Crippen LogP contribution in [0.25, 0.3) is 0 Å². The summed E-state index contributed by atoms with van der Waals surface area (Å²) >= 11 is 5.82. The highest BCUT2D eigenvalue weighted by atomic mass is 35.5. The van der Waals surface area contributed by atoms with Crippen molar-refractivity contribution in [1.82, 2.24) is 5.32 Å². The van der Waals surface area contributed by atoms with Gasteiger partial charge in [-0.15, -0.1) is 0 Å². The smallest absolute Gasteiger partial charge is 0.251 e. The average Bonchev–Trinajstić information content (AvgIpc) is 2.54. The zero-order valence-corrected chi connectivity index (χ0v) is 13.2. The van der Waals surface area contributed by atoms with E-state index in [0.717, 1.165) is 0 Å². The van der Waals surface area contributed by atoms with E-state index in [0.29, 0.717) is 34.9 Å². The molecular formula is C17H15ClFN3O. The molecule has 0 unspecified atom stereocenters. The predicted molar refractivity (Wildman–Crippen MR) is 88.1 cm³/mol. The molecule has 118 valence electrons. The largest absolute Gasteiger partial charge is 0.382 e. The van der Waals surface area contributed by atoms with Crippen LogP contribution in [0, 0.1) is 24.1 Å². The van der Waals surface area contributed by atoms with E-state index in [1.165, 1.54) is 6.07 Å². The summed E-state index contributed by atoms with van der Waals surface area (Å²) in [6.45, 7) is 2.40. The van der Waals surface area contributed by atoms with E-state index >= 15 is 0 Å². The van der Waals surface area contributed by atoms with Crippen LogP contribution in [0.15, 0.2) is 36.4 Å². The van der Waals surface area contributed by atoms with Gasteiger partial charge in [0.25, 0.3) is 5.91 Å². The van der Waals surface area contributed by atoms with Crippen molar-refractivity contribution >= 4 is 23.2 Å². The predicted octanol–water partition coefficient (Wildman–Crippen LogP) is 3.50. The van der Waals surface area contributed by atoms with E-state index in [2.05, 4.69) is 10.6 Å². The van der Waals surface area contributed by atoms with Crippen molar-refractivity contribution in [2.75, 3.05) is 18.4 Å². The zero-order chi connectivity index (χ0) is 16.8. The molecule has 0 aliphatic heterocycles. The van der Waals surface area contributed by atoms with Crippen LogP contribution in [0.2, 0.25) is 5.02 Å². The third kappa shape index (κ3) is 4.44. The van der Waals surface area contributed by atoms with Crippen LogP contribution in [0.1, 0.15) is 21.5 Å². The Balaban J connectivity index is 1.87. The van der Waals surface area contributed by atoms with Crippen LogP contribution in [0.3, 0.4) is 0 Å². The number of hydrogen-bond donors (Lipinski definition) is 2. The van der Waals surface area contributed by atoms with Gasteiger partial charge in [-0.2, -0.15) is 5.26 Å². The SMILES string of the molecule is Cc1ccc(C(=O)NCCNc2ccc(Cl)cc2C#N)cc1F. The molecule has 0 atom stereocenters. The van der Waals surface area contributed by atoms with Gasteiger partial charge in [0.05, 0.1) is 11.3 Å². The summed E-state index contributed by atoms with van der Waals surface area (Å²) in [4.78, 5) is 11.9. The number of rotatable bonds is 5. The second-order valence-electron chi connectivity index (χ2n) is 4.95. The molecule has 0 radical (unpaired) electrons. The number of nitriles is 1. The van der Waals surface area contributed by atoms with Crippen molar-refractivity contribution in [2.45, 2.75) is 6.92 Å². The van der Waals surface area contributed by atoms with E-state index in [1.807, 2.05) is 6.07 Å². The second-order valence-corrected chi connectivity index (χ2v) is 5.38. The van der Waals surface area contributed by atoms with Gasteiger partial charge < -0.3 is 10.6 Å². The van der Waals surface area contributed by atoms with E-state index in [-0.39, 0.29) is 11.5 Å². The monoisotopic (exact) mass is 331 g/mol. The number of anilines is 1. The van der Waals surface area contributed by atoms with E-state index < -0.39 is 5.82 Å². The van der Waals surface area contributed by atoms with Gasteiger partial charge in [0.15, 0.2) is 0 Å². The summed E-state index contributed by atoms with van der Waals surface area (Å²) in [6.07, 6.45) is 0. The lowest BCUT2D eigenvalue weighted by molar-refractivity contribution is 0.0954. The Kier molecular flexibility index (Phi) is 5.56.